The Morgan fingerprint density at radius 2 is 1.54 bits per heavy atom. The van der Waals surface area contributed by atoms with Gasteiger partial charge in [0, 0.05) is 0 Å². The van der Waals surface area contributed by atoms with Gasteiger partial charge < -0.3 is 10.1 Å². The van der Waals surface area contributed by atoms with Crippen molar-refractivity contribution in [3.05, 3.63) is 83.9 Å². The molecule has 1 saturated carbocycles. The van der Waals surface area contributed by atoms with Gasteiger partial charge in [-0.05, 0) is 73.9 Å². The van der Waals surface area contributed by atoms with Gasteiger partial charge in [-0.2, -0.15) is 0 Å². The van der Waals surface area contributed by atoms with Crippen molar-refractivity contribution in [3.63, 3.8) is 0 Å². The summed E-state index contributed by atoms with van der Waals surface area (Å²) in [7, 11) is -3.96. The molecule has 9 heteroatoms. The number of nitrogens with one attached hydrogen (secondary N) is 2. The van der Waals surface area contributed by atoms with Crippen LogP contribution in [0.4, 0.5) is 17.3 Å². The highest BCUT2D eigenvalue weighted by molar-refractivity contribution is 7.92. The maximum atomic E-state index is 13.5. The molecule has 0 bridgehead atoms. The van der Waals surface area contributed by atoms with E-state index in [0.717, 1.165) is 24.8 Å². The van der Waals surface area contributed by atoms with Crippen LogP contribution in [0.25, 0.3) is 11.0 Å². The van der Waals surface area contributed by atoms with Crippen LogP contribution in [0.2, 0.25) is 0 Å². The summed E-state index contributed by atoms with van der Waals surface area (Å²) in [6.07, 6.45) is 2.85. The van der Waals surface area contributed by atoms with Crippen molar-refractivity contribution in [1.82, 2.24) is 9.97 Å². The topological polar surface area (TPSA) is 110 Å². The van der Waals surface area contributed by atoms with Crippen molar-refractivity contribution in [3.8, 4) is 0 Å². The number of sulfonamides is 1. The lowest BCUT2D eigenvalue weighted by Gasteiger charge is -2.36. The van der Waals surface area contributed by atoms with Gasteiger partial charge in [0.2, 0.25) is 0 Å². The number of rotatable bonds is 8. The molecule has 1 aromatic heterocycles. The van der Waals surface area contributed by atoms with Crippen LogP contribution in [0.1, 0.15) is 56.0 Å². The Morgan fingerprint density at radius 3 is 2.22 bits per heavy atom. The molecule has 0 spiro atoms. The fraction of sp³-hybridized carbons (Fsp3) is 0.344. The quantitative estimate of drug-likeness (QED) is 0.217. The number of aryl methyl sites for hydroxylation is 1. The highest BCUT2D eigenvalue weighted by Crippen LogP contribution is 2.36. The highest BCUT2D eigenvalue weighted by atomic mass is 32.2. The van der Waals surface area contributed by atoms with E-state index in [2.05, 4.69) is 40.8 Å². The molecule has 1 heterocycles. The van der Waals surface area contributed by atoms with Crippen LogP contribution in [-0.2, 0) is 14.8 Å². The van der Waals surface area contributed by atoms with Gasteiger partial charge >= 0.3 is 5.97 Å². The van der Waals surface area contributed by atoms with Crippen LogP contribution in [0.3, 0.4) is 0 Å². The molecular formula is C32H36N4O4S. The summed E-state index contributed by atoms with van der Waals surface area (Å²) in [5, 5.41) is 3.18. The number of para-hydroxylation sites is 3. The SMILES string of the molecule is Cc1ccc(S(=O)(=O)Nc2nc3ccccc3nc2Nc2ccccc2C(=O)O[C@H]2C[C@@H](C)CC[C@@H]2C(C)C)cc1. The minimum atomic E-state index is -3.96. The summed E-state index contributed by atoms with van der Waals surface area (Å²) < 4.78 is 35.3. The first kappa shape index (κ1) is 28.5. The van der Waals surface area contributed by atoms with E-state index in [1.54, 1.807) is 60.7 Å². The van der Waals surface area contributed by atoms with E-state index in [-0.39, 0.29) is 22.6 Å². The predicted molar refractivity (Wildman–Crippen MR) is 162 cm³/mol. The number of hydrogen-bond donors (Lipinski definition) is 2. The summed E-state index contributed by atoms with van der Waals surface area (Å²) in [6, 6.07) is 20.8. The van der Waals surface area contributed by atoms with E-state index in [9.17, 15) is 13.2 Å². The van der Waals surface area contributed by atoms with E-state index in [1.165, 1.54) is 0 Å². The fourth-order valence-electron chi connectivity index (χ4n) is 5.41. The molecule has 0 aliphatic heterocycles. The number of fused-ring (bicyclic) bond motifs is 1. The third kappa shape index (κ3) is 6.51. The average molecular weight is 573 g/mol. The molecule has 0 radical (unpaired) electrons. The predicted octanol–water partition coefficient (Wildman–Crippen LogP) is 7.10. The minimum Gasteiger partial charge on any atom is -0.458 e. The standard InChI is InChI=1S/C32H36N4O4S/c1-20(2)24-18-15-22(4)19-29(24)40-32(37)25-9-5-6-10-26(25)33-30-31(35-28-12-8-7-11-27(28)34-30)36-41(38,39)23-16-13-21(3)14-17-23/h5-14,16-17,20,22,24,29H,15,18-19H2,1-4H3,(H,33,34)(H,35,36)/t22-,24+,29-/m0/s1. The molecule has 0 unspecified atom stereocenters. The van der Waals surface area contributed by atoms with Gasteiger partial charge in [0.25, 0.3) is 10.0 Å². The largest absolute Gasteiger partial charge is 0.458 e. The van der Waals surface area contributed by atoms with Crippen molar-refractivity contribution < 1.29 is 17.9 Å². The molecule has 1 aliphatic rings. The van der Waals surface area contributed by atoms with Crippen LogP contribution >= 0.6 is 0 Å². The highest BCUT2D eigenvalue weighted by Gasteiger charge is 2.34. The molecule has 0 amide bonds. The molecule has 0 saturated heterocycles. The number of aromatic nitrogens is 2. The summed E-state index contributed by atoms with van der Waals surface area (Å²) in [6.45, 7) is 8.44. The van der Waals surface area contributed by atoms with Crippen LogP contribution in [0.15, 0.2) is 77.7 Å². The molecule has 8 nitrogen and oxygen atoms in total. The summed E-state index contributed by atoms with van der Waals surface area (Å²) in [5.41, 5.74) is 2.84. The lowest BCUT2D eigenvalue weighted by Crippen LogP contribution is -2.36. The van der Waals surface area contributed by atoms with Gasteiger partial charge in [0.1, 0.15) is 6.10 Å². The minimum absolute atomic E-state index is 0.0217. The van der Waals surface area contributed by atoms with E-state index >= 15 is 0 Å². The van der Waals surface area contributed by atoms with E-state index in [4.69, 9.17) is 4.74 Å². The van der Waals surface area contributed by atoms with Crippen molar-refractivity contribution in [2.24, 2.45) is 17.8 Å². The first-order valence-electron chi connectivity index (χ1n) is 14.0. The van der Waals surface area contributed by atoms with Crippen LogP contribution < -0.4 is 10.0 Å². The lowest BCUT2D eigenvalue weighted by molar-refractivity contribution is -0.0173. The Bertz CT molecular complexity index is 1650. The van der Waals surface area contributed by atoms with Crippen molar-refractivity contribution >= 4 is 44.3 Å². The number of hydrogen-bond acceptors (Lipinski definition) is 7. The molecule has 3 aromatic carbocycles. The number of esters is 1. The monoisotopic (exact) mass is 572 g/mol. The summed E-state index contributed by atoms with van der Waals surface area (Å²) in [5.74, 6) is 0.982. The Labute approximate surface area is 241 Å². The van der Waals surface area contributed by atoms with Crippen molar-refractivity contribution in [2.75, 3.05) is 10.0 Å². The van der Waals surface area contributed by atoms with Gasteiger partial charge in [0.05, 0.1) is 27.2 Å². The van der Waals surface area contributed by atoms with Gasteiger partial charge in [-0.25, -0.2) is 23.2 Å². The maximum absolute atomic E-state index is 13.5. The summed E-state index contributed by atoms with van der Waals surface area (Å²) in [4.78, 5) is 22.9. The molecule has 1 fully saturated rings. The van der Waals surface area contributed by atoms with Crippen LogP contribution in [-0.4, -0.2) is 30.5 Å². The zero-order valence-corrected chi connectivity index (χ0v) is 24.6. The Balaban J connectivity index is 1.48. The molecule has 1 aliphatic carbocycles. The number of ether oxygens (including phenoxy) is 1. The molecule has 3 atom stereocenters. The van der Waals surface area contributed by atoms with Gasteiger partial charge in [-0.3, -0.25) is 4.72 Å². The Morgan fingerprint density at radius 1 is 0.902 bits per heavy atom. The third-order valence-electron chi connectivity index (χ3n) is 7.75. The molecular weight excluding hydrogens is 536 g/mol. The van der Waals surface area contributed by atoms with Gasteiger partial charge in [-0.1, -0.05) is 69.2 Å². The number of carbonyl (C=O) groups is 1. The number of anilines is 3. The van der Waals surface area contributed by atoms with Crippen LogP contribution in [0, 0.1) is 24.7 Å². The number of carbonyl (C=O) groups excluding carboxylic acids is 1. The second kappa shape index (κ2) is 11.9. The van der Waals surface area contributed by atoms with Gasteiger partial charge in [-0.15, -0.1) is 0 Å². The second-order valence-corrected chi connectivity index (χ2v) is 13.0. The zero-order valence-electron chi connectivity index (χ0n) is 23.8. The first-order chi connectivity index (χ1) is 19.6. The van der Waals surface area contributed by atoms with E-state index in [1.807, 2.05) is 19.1 Å². The molecule has 2 N–H and O–H groups in total. The first-order valence-corrected chi connectivity index (χ1v) is 15.5. The molecule has 214 valence electrons. The number of nitrogens with zero attached hydrogens (tertiary/aromatic N) is 2. The normalized spacial score (nSPS) is 19.2. The van der Waals surface area contributed by atoms with Crippen molar-refractivity contribution in [1.29, 1.82) is 0 Å². The smallest absolute Gasteiger partial charge is 0.340 e. The van der Waals surface area contributed by atoms with Gasteiger partial charge in [0.15, 0.2) is 11.6 Å². The van der Waals surface area contributed by atoms with E-state index in [0.29, 0.717) is 40.0 Å². The average Bonchev–Trinajstić information content (AvgIpc) is 2.93. The maximum Gasteiger partial charge on any atom is 0.340 e. The second-order valence-electron chi connectivity index (χ2n) is 11.3. The zero-order chi connectivity index (χ0) is 29.1. The molecule has 4 aromatic rings. The lowest BCUT2D eigenvalue weighted by atomic mass is 9.75. The van der Waals surface area contributed by atoms with E-state index < -0.39 is 16.0 Å². The molecule has 5 rings (SSSR count). The molecule has 41 heavy (non-hydrogen) atoms. The third-order valence-corrected chi connectivity index (χ3v) is 9.11. The Hall–Kier alpha value is -3.98. The Kier molecular flexibility index (Phi) is 8.26. The number of benzene rings is 3. The summed E-state index contributed by atoms with van der Waals surface area (Å²) >= 11 is 0. The van der Waals surface area contributed by atoms with Crippen molar-refractivity contribution in [2.45, 2.75) is 58.0 Å². The fourth-order valence-corrected chi connectivity index (χ4v) is 6.42. The van der Waals surface area contributed by atoms with Crippen LogP contribution in [0.5, 0.6) is 0 Å².